The second kappa shape index (κ2) is 6.12. The van der Waals surface area contributed by atoms with Crippen molar-refractivity contribution in [2.45, 2.75) is 58.6 Å². The van der Waals surface area contributed by atoms with Crippen LogP contribution >= 0.6 is 0 Å². The summed E-state index contributed by atoms with van der Waals surface area (Å²) in [6, 6.07) is 0.190. The van der Waals surface area contributed by atoms with Crippen LogP contribution in [-0.4, -0.2) is 48.6 Å². The first-order valence-corrected chi connectivity index (χ1v) is 7.59. The zero-order valence-corrected chi connectivity index (χ0v) is 12.8. The highest BCUT2D eigenvalue weighted by atomic mass is 16.5. The van der Waals surface area contributed by atoms with Crippen LogP contribution in [0, 0.1) is 5.41 Å². The van der Waals surface area contributed by atoms with Gasteiger partial charge < -0.3 is 15.0 Å². The Labute approximate surface area is 121 Å². The molecule has 0 aromatic carbocycles. The molecule has 2 saturated heterocycles. The van der Waals surface area contributed by atoms with E-state index >= 15 is 0 Å². The Morgan fingerprint density at radius 2 is 1.80 bits per heavy atom. The van der Waals surface area contributed by atoms with E-state index in [0.717, 1.165) is 25.7 Å². The second-order valence-electron chi connectivity index (χ2n) is 6.82. The summed E-state index contributed by atoms with van der Waals surface area (Å²) >= 11 is 0. The minimum absolute atomic E-state index is 0.0846. The first kappa shape index (κ1) is 15.3. The summed E-state index contributed by atoms with van der Waals surface area (Å²) in [5, 5.41) is 3.08. The molecule has 0 saturated carbocycles. The molecule has 0 radical (unpaired) electrons. The van der Waals surface area contributed by atoms with Gasteiger partial charge in [-0.2, -0.15) is 0 Å². The number of hydrogen-bond donors (Lipinski definition) is 1. The molecule has 0 aromatic heterocycles. The van der Waals surface area contributed by atoms with Crippen molar-refractivity contribution in [1.82, 2.24) is 10.2 Å². The lowest BCUT2D eigenvalue weighted by Crippen LogP contribution is -2.50. The maximum atomic E-state index is 12.2. The largest absolute Gasteiger partial charge is 0.368 e. The summed E-state index contributed by atoms with van der Waals surface area (Å²) in [6.07, 6.45) is 3.27. The molecular formula is C15H26N2O3. The number of rotatable bonds is 2. The number of hydrogen-bond acceptors (Lipinski definition) is 3. The van der Waals surface area contributed by atoms with Crippen molar-refractivity contribution < 1.29 is 14.3 Å². The van der Waals surface area contributed by atoms with Gasteiger partial charge >= 0.3 is 0 Å². The van der Waals surface area contributed by atoms with E-state index in [2.05, 4.69) is 5.32 Å². The summed E-state index contributed by atoms with van der Waals surface area (Å²) in [6.45, 7) is 7.88. The minimum atomic E-state index is -0.357. The van der Waals surface area contributed by atoms with Gasteiger partial charge in [0.2, 0.25) is 5.91 Å². The van der Waals surface area contributed by atoms with E-state index in [1.165, 1.54) is 0 Å². The third kappa shape index (κ3) is 3.72. The molecule has 0 spiro atoms. The highest BCUT2D eigenvalue weighted by Crippen LogP contribution is 2.19. The number of ether oxygens (including phenoxy) is 1. The monoisotopic (exact) mass is 282 g/mol. The van der Waals surface area contributed by atoms with Crippen molar-refractivity contribution >= 4 is 11.8 Å². The highest BCUT2D eigenvalue weighted by molar-refractivity contribution is 5.82. The molecule has 1 N–H and O–H groups in total. The molecule has 2 amide bonds. The van der Waals surface area contributed by atoms with Gasteiger partial charge in [-0.3, -0.25) is 9.59 Å². The van der Waals surface area contributed by atoms with Gasteiger partial charge in [0.15, 0.2) is 0 Å². The zero-order chi connectivity index (χ0) is 14.8. The van der Waals surface area contributed by atoms with Crippen LogP contribution in [0.2, 0.25) is 0 Å². The molecule has 20 heavy (non-hydrogen) atoms. The van der Waals surface area contributed by atoms with Crippen LogP contribution in [0.25, 0.3) is 0 Å². The van der Waals surface area contributed by atoms with E-state index in [9.17, 15) is 9.59 Å². The number of nitrogens with zero attached hydrogens (tertiary/aromatic N) is 1. The molecule has 5 nitrogen and oxygen atoms in total. The Morgan fingerprint density at radius 1 is 1.15 bits per heavy atom. The minimum Gasteiger partial charge on any atom is -0.368 e. The third-order valence-electron chi connectivity index (χ3n) is 4.03. The lowest BCUT2D eigenvalue weighted by Gasteiger charge is -2.34. The number of piperidine rings is 1. The predicted octanol–water partition coefficient (Wildman–Crippen LogP) is 1.32. The fourth-order valence-corrected chi connectivity index (χ4v) is 2.62. The molecule has 1 unspecified atom stereocenters. The van der Waals surface area contributed by atoms with Crippen LogP contribution in [0.5, 0.6) is 0 Å². The first-order valence-electron chi connectivity index (χ1n) is 7.59. The topological polar surface area (TPSA) is 58.6 Å². The Hall–Kier alpha value is -1.10. The lowest BCUT2D eigenvalue weighted by atomic mass is 9.94. The van der Waals surface area contributed by atoms with Crippen LogP contribution in [0.3, 0.4) is 0 Å². The normalized spacial score (nSPS) is 24.8. The summed E-state index contributed by atoms with van der Waals surface area (Å²) < 4.78 is 5.44. The van der Waals surface area contributed by atoms with Gasteiger partial charge in [-0.05, 0) is 25.7 Å². The van der Waals surface area contributed by atoms with Crippen molar-refractivity contribution in [2.75, 3.05) is 19.7 Å². The SMILES string of the molecule is CC(C)(C)C(=O)NC1CCN(C(=O)C2CCCO2)CC1. The quantitative estimate of drug-likeness (QED) is 0.831. The highest BCUT2D eigenvalue weighted by Gasteiger charge is 2.32. The molecule has 1 atom stereocenters. The van der Waals surface area contributed by atoms with Crippen LogP contribution < -0.4 is 5.32 Å². The summed E-state index contributed by atoms with van der Waals surface area (Å²) in [5.74, 6) is 0.213. The van der Waals surface area contributed by atoms with Gasteiger partial charge in [-0.25, -0.2) is 0 Å². The van der Waals surface area contributed by atoms with Gasteiger partial charge in [0.1, 0.15) is 6.10 Å². The maximum absolute atomic E-state index is 12.2. The van der Waals surface area contributed by atoms with Crippen molar-refractivity contribution in [1.29, 1.82) is 0 Å². The molecule has 2 rings (SSSR count). The predicted molar refractivity (Wildman–Crippen MR) is 76.2 cm³/mol. The Kier molecular flexibility index (Phi) is 4.68. The number of nitrogens with one attached hydrogen (secondary N) is 1. The average Bonchev–Trinajstić information content (AvgIpc) is 2.91. The number of likely N-dealkylation sites (tertiary alicyclic amines) is 1. The van der Waals surface area contributed by atoms with Gasteiger partial charge in [-0.15, -0.1) is 0 Å². The van der Waals surface area contributed by atoms with Gasteiger partial charge in [0.05, 0.1) is 0 Å². The van der Waals surface area contributed by atoms with E-state index in [1.807, 2.05) is 25.7 Å². The van der Waals surface area contributed by atoms with E-state index in [0.29, 0.717) is 19.7 Å². The van der Waals surface area contributed by atoms with Crippen molar-refractivity contribution in [3.63, 3.8) is 0 Å². The Morgan fingerprint density at radius 3 is 2.30 bits per heavy atom. The third-order valence-corrected chi connectivity index (χ3v) is 4.03. The van der Waals surface area contributed by atoms with E-state index in [1.54, 1.807) is 0 Å². The average molecular weight is 282 g/mol. The van der Waals surface area contributed by atoms with E-state index < -0.39 is 0 Å². The molecule has 2 aliphatic heterocycles. The molecular weight excluding hydrogens is 256 g/mol. The van der Waals surface area contributed by atoms with Crippen LogP contribution in [0.15, 0.2) is 0 Å². The fourth-order valence-electron chi connectivity index (χ4n) is 2.62. The molecule has 5 heteroatoms. The molecule has 2 fully saturated rings. The van der Waals surface area contributed by atoms with Crippen molar-refractivity contribution in [3.8, 4) is 0 Å². The smallest absolute Gasteiger partial charge is 0.251 e. The van der Waals surface area contributed by atoms with Gasteiger partial charge in [0, 0.05) is 31.2 Å². The molecule has 0 aromatic rings. The molecule has 2 heterocycles. The summed E-state index contributed by atoms with van der Waals surface area (Å²) in [7, 11) is 0. The fraction of sp³-hybridized carbons (Fsp3) is 0.867. The molecule has 114 valence electrons. The second-order valence-corrected chi connectivity index (χ2v) is 6.82. The van der Waals surface area contributed by atoms with E-state index in [4.69, 9.17) is 4.74 Å². The van der Waals surface area contributed by atoms with Crippen molar-refractivity contribution in [3.05, 3.63) is 0 Å². The summed E-state index contributed by atoms with van der Waals surface area (Å²) in [5.41, 5.74) is -0.357. The first-order chi connectivity index (χ1) is 9.38. The Balaban J connectivity index is 1.77. The number of carbonyl (C=O) groups excluding carboxylic acids is 2. The van der Waals surface area contributed by atoms with Crippen LogP contribution in [-0.2, 0) is 14.3 Å². The van der Waals surface area contributed by atoms with Crippen LogP contribution in [0.1, 0.15) is 46.5 Å². The molecule has 0 aliphatic carbocycles. The zero-order valence-electron chi connectivity index (χ0n) is 12.8. The lowest BCUT2D eigenvalue weighted by molar-refractivity contribution is -0.142. The maximum Gasteiger partial charge on any atom is 0.251 e. The molecule has 0 bridgehead atoms. The number of carbonyl (C=O) groups is 2. The summed E-state index contributed by atoms with van der Waals surface area (Å²) in [4.78, 5) is 26.0. The van der Waals surface area contributed by atoms with Gasteiger partial charge in [-0.1, -0.05) is 20.8 Å². The van der Waals surface area contributed by atoms with E-state index in [-0.39, 0.29) is 29.4 Å². The molecule has 2 aliphatic rings. The van der Waals surface area contributed by atoms with Crippen LogP contribution in [0.4, 0.5) is 0 Å². The van der Waals surface area contributed by atoms with Gasteiger partial charge in [0.25, 0.3) is 5.91 Å². The standard InChI is InChI=1S/C15H26N2O3/c1-15(2,3)14(19)16-11-6-8-17(9-7-11)13(18)12-5-4-10-20-12/h11-12H,4-10H2,1-3H3,(H,16,19). The Bertz CT molecular complexity index is 362. The van der Waals surface area contributed by atoms with Crippen molar-refractivity contribution in [2.24, 2.45) is 5.41 Å². The number of amides is 2.